The topological polar surface area (TPSA) is 34.9 Å². The van der Waals surface area contributed by atoms with Gasteiger partial charge in [-0.1, -0.05) is 22.9 Å². The smallest absolute Gasteiger partial charge is 0.294 e. The Labute approximate surface area is 127 Å². The molecule has 0 atom stereocenters. The molecule has 0 bridgehead atoms. The van der Waals surface area contributed by atoms with Crippen molar-refractivity contribution in [3.05, 3.63) is 46.2 Å². The Morgan fingerprint density at radius 1 is 1.29 bits per heavy atom. The molecule has 2 aromatic rings. The fourth-order valence-electron chi connectivity index (χ4n) is 1.97. The summed E-state index contributed by atoms with van der Waals surface area (Å²) >= 11 is 3.22. The fourth-order valence-corrected chi connectivity index (χ4v) is 2.23. The first kappa shape index (κ1) is 15.8. The summed E-state index contributed by atoms with van der Waals surface area (Å²) in [5.74, 6) is -0.548. The van der Waals surface area contributed by atoms with Crippen LogP contribution in [0.2, 0.25) is 0 Å². The van der Waals surface area contributed by atoms with Crippen molar-refractivity contribution in [2.24, 2.45) is 0 Å². The average molecular weight is 361 g/mol. The van der Waals surface area contributed by atoms with Crippen LogP contribution in [0.5, 0.6) is 0 Å². The van der Waals surface area contributed by atoms with E-state index >= 15 is 0 Å². The number of hydrogen-bond acceptors (Lipinski definition) is 2. The number of Topliss-reactive ketones (excluding diaryl/α,β-unsaturated/α-hetero) is 1. The van der Waals surface area contributed by atoms with Gasteiger partial charge in [-0.3, -0.25) is 4.79 Å². The van der Waals surface area contributed by atoms with E-state index in [-0.39, 0.29) is 17.7 Å². The van der Waals surface area contributed by atoms with Gasteiger partial charge in [-0.25, -0.2) is 4.68 Å². The monoisotopic (exact) mass is 360 g/mol. The number of alkyl halides is 3. The molecule has 1 aromatic carbocycles. The van der Waals surface area contributed by atoms with Gasteiger partial charge in [0.15, 0.2) is 11.5 Å². The van der Waals surface area contributed by atoms with Gasteiger partial charge in [-0.2, -0.15) is 18.3 Å². The van der Waals surface area contributed by atoms with Crippen LogP contribution in [0.4, 0.5) is 13.2 Å². The van der Waals surface area contributed by atoms with Crippen LogP contribution >= 0.6 is 15.9 Å². The van der Waals surface area contributed by atoms with Crippen LogP contribution in [-0.2, 0) is 6.18 Å². The Balaban J connectivity index is 2.57. The van der Waals surface area contributed by atoms with Crippen LogP contribution in [-0.4, -0.2) is 15.6 Å². The first-order chi connectivity index (χ1) is 9.84. The Morgan fingerprint density at radius 3 is 2.43 bits per heavy atom. The molecule has 21 heavy (non-hydrogen) atoms. The Bertz CT molecular complexity index is 647. The standard InChI is InChI=1S/C14H12BrF3N2O/c1-2-3-12(21)11-8-19-20(13(11)14(16,17)18)10-6-4-9(15)5-7-10/h4-8H,2-3H2,1H3. The van der Waals surface area contributed by atoms with Crippen molar-refractivity contribution in [3.63, 3.8) is 0 Å². The molecule has 0 saturated carbocycles. The molecular formula is C14H12BrF3N2O. The molecule has 0 radical (unpaired) electrons. The predicted octanol–water partition coefficient (Wildman–Crippen LogP) is 4.64. The molecule has 0 aliphatic carbocycles. The predicted molar refractivity (Wildman–Crippen MR) is 75.5 cm³/mol. The van der Waals surface area contributed by atoms with E-state index in [2.05, 4.69) is 21.0 Å². The second kappa shape index (κ2) is 6.01. The molecule has 0 fully saturated rings. The van der Waals surface area contributed by atoms with Crippen LogP contribution in [0.1, 0.15) is 35.8 Å². The zero-order chi connectivity index (χ0) is 15.6. The second-order valence-electron chi connectivity index (χ2n) is 4.47. The van der Waals surface area contributed by atoms with E-state index in [1.165, 1.54) is 12.1 Å². The molecule has 0 aliphatic heterocycles. The molecule has 112 valence electrons. The zero-order valence-electron chi connectivity index (χ0n) is 11.1. The third-order valence-electron chi connectivity index (χ3n) is 2.89. The SMILES string of the molecule is CCCC(=O)c1cnn(-c2ccc(Br)cc2)c1C(F)(F)F. The summed E-state index contributed by atoms with van der Waals surface area (Å²) in [6, 6.07) is 6.23. The van der Waals surface area contributed by atoms with E-state index in [4.69, 9.17) is 0 Å². The number of nitrogens with zero attached hydrogens (tertiary/aromatic N) is 2. The summed E-state index contributed by atoms with van der Waals surface area (Å²) in [4.78, 5) is 11.9. The second-order valence-corrected chi connectivity index (χ2v) is 5.38. The van der Waals surface area contributed by atoms with Gasteiger partial charge < -0.3 is 0 Å². The molecule has 0 saturated heterocycles. The third-order valence-corrected chi connectivity index (χ3v) is 3.42. The lowest BCUT2D eigenvalue weighted by molar-refractivity contribution is -0.143. The number of aromatic nitrogens is 2. The number of carbonyl (C=O) groups excluding carboxylic acids is 1. The normalized spacial score (nSPS) is 11.7. The minimum absolute atomic E-state index is 0.0646. The lowest BCUT2D eigenvalue weighted by Gasteiger charge is -2.12. The maximum atomic E-state index is 13.3. The highest BCUT2D eigenvalue weighted by Crippen LogP contribution is 2.34. The summed E-state index contributed by atoms with van der Waals surface area (Å²) in [6.07, 6.45) is -3.11. The molecule has 0 amide bonds. The number of carbonyl (C=O) groups is 1. The van der Waals surface area contributed by atoms with Crippen LogP contribution in [0, 0.1) is 0 Å². The maximum Gasteiger partial charge on any atom is 0.434 e. The lowest BCUT2D eigenvalue weighted by atomic mass is 10.1. The largest absolute Gasteiger partial charge is 0.434 e. The zero-order valence-corrected chi connectivity index (χ0v) is 12.7. The van der Waals surface area contributed by atoms with E-state index in [1.807, 2.05) is 0 Å². The van der Waals surface area contributed by atoms with Crippen molar-refractivity contribution < 1.29 is 18.0 Å². The van der Waals surface area contributed by atoms with Gasteiger partial charge in [-0.15, -0.1) is 0 Å². The van der Waals surface area contributed by atoms with Crippen molar-refractivity contribution >= 4 is 21.7 Å². The summed E-state index contributed by atoms with van der Waals surface area (Å²) in [5, 5.41) is 3.75. The van der Waals surface area contributed by atoms with Crippen molar-refractivity contribution in [3.8, 4) is 5.69 Å². The summed E-state index contributed by atoms with van der Waals surface area (Å²) in [7, 11) is 0. The summed E-state index contributed by atoms with van der Waals surface area (Å²) < 4.78 is 41.4. The highest BCUT2D eigenvalue weighted by atomic mass is 79.9. The van der Waals surface area contributed by atoms with Crippen molar-refractivity contribution in [1.82, 2.24) is 9.78 Å². The summed E-state index contributed by atoms with van der Waals surface area (Å²) in [5.41, 5.74) is -1.16. The van der Waals surface area contributed by atoms with Crippen LogP contribution < -0.4 is 0 Å². The molecule has 0 spiro atoms. The van der Waals surface area contributed by atoms with E-state index < -0.39 is 17.7 Å². The van der Waals surface area contributed by atoms with E-state index in [1.54, 1.807) is 19.1 Å². The number of rotatable bonds is 4. The van der Waals surface area contributed by atoms with Gasteiger partial charge in [0.05, 0.1) is 17.4 Å². The molecule has 7 heteroatoms. The van der Waals surface area contributed by atoms with Gasteiger partial charge in [0.2, 0.25) is 0 Å². The third kappa shape index (κ3) is 3.34. The van der Waals surface area contributed by atoms with Gasteiger partial charge >= 0.3 is 6.18 Å². The first-order valence-corrected chi connectivity index (χ1v) is 7.08. The summed E-state index contributed by atoms with van der Waals surface area (Å²) in [6.45, 7) is 1.74. The molecule has 1 heterocycles. The van der Waals surface area contributed by atoms with E-state index in [0.717, 1.165) is 15.4 Å². The Morgan fingerprint density at radius 2 is 1.90 bits per heavy atom. The molecule has 1 aromatic heterocycles. The number of benzene rings is 1. The Kier molecular flexibility index (Phi) is 4.51. The van der Waals surface area contributed by atoms with Crippen LogP contribution in [0.25, 0.3) is 5.69 Å². The molecule has 2 rings (SSSR count). The molecule has 0 N–H and O–H groups in total. The van der Waals surface area contributed by atoms with Crippen molar-refractivity contribution in [2.75, 3.05) is 0 Å². The van der Waals surface area contributed by atoms with Gasteiger partial charge in [0, 0.05) is 10.9 Å². The van der Waals surface area contributed by atoms with E-state index in [9.17, 15) is 18.0 Å². The molecule has 0 unspecified atom stereocenters. The lowest BCUT2D eigenvalue weighted by Crippen LogP contribution is -2.17. The average Bonchev–Trinajstić information content (AvgIpc) is 2.84. The minimum atomic E-state index is -4.65. The number of ketones is 1. The highest BCUT2D eigenvalue weighted by Gasteiger charge is 2.40. The van der Waals surface area contributed by atoms with Crippen molar-refractivity contribution in [2.45, 2.75) is 25.9 Å². The number of halogens is 4. The van der Waals surface area contributed by atoms with E-state index in [0.29, 0.717) is 6.42 Å². The quantitative estimate of drug-likeness (QED) is 0.744. The van der Waals surface area contributed by atoms with Gasteiger partial charge in [0.1, 0.15) is 0 Å². The van der Waals surface area contributed by atoms with Gasteiger partial charge in [-0.05, 0) is 30.7 Å². The molecule has 3 nitrogen and oxygen atoms in total. The highest BCUT2D eigenvalue weighted by molar-refractivity contribution is 9.10. The van der Waals surface area contributed by atoms with Crippen LogP contribution in [0.15, 0.2) is 34.9 Å². The van der Waals surface area contributed by atoms with Crippen LogP contribution in [0.3, 0.4) is 0 Å². The maximum absolute atomic E-state index is 13.3. The first-order valence-electron chi connectivity index (χ1n) is 6.29. The Hall–Kier alpha value is -1.63. The van der Waals surface area contributed by atoms with Crippen molar-refractivity contribution in [1.29, 1.82) is 0 Å². The molecular weight excluding hydrogens is 349 g/mol. The number of hydrogen-bond donors (Lipinski definition) is 0. The minimum Gasteiger partial charge on any atom is -0.294 e. The fraction of sp³-hybridized carbons (Fsp3) is 0.286. The molecule has 0 aliphatic rings. The van der Waals surface area contributed by atoms with Gasteiger partial charge in [0.25, 0.3) is 0 Å².